The average molecular weight is 468 g/mol. The SMILES string of the molecule is COCCN(Cc1nc2ccccc2c(=O)[nH]1)C(=O)Cc1c(C)nc2nc(SC)nn2c1C. The molecule has 0 bridgehead atoms. The first-order chi connectivity index (χ1) is 15.9. The van der Waals surface area contributed by atoms with Crippen molar-refractivity contribution in [3.63, 3.8) is 0 Å². The van der Waals surface area contributed by atoms with Crippen LogP contribution in [0.2, 0.25) is 0 Å². The second-order valence-electron chi connectivity index (χ2n) is 7.59. The van der Waals surface area contributed by atoms with Crippen LogP contribution < -0.4 is 5.56 Å². The van der Waals surface area contributed by atoms with E-state index >= 15 is 0 Å². The van der Waals surface area contributed by atoms with E-state index in [1.165, 1.54) is 11.8 Å². The molecule has 172 valence electrons. The first-order valence-corrected chi connectivity index (χ1v) is 11.6. The molecule has 1 aromatic carbocycles. The summed E-state index contributed by atoms with van der Waals surface area (Å²) in [5.74, 6) is 0.811. The zero-order chi connectivity index (χ0) is 23.5. The van der Waals surface area contributed by atoms with Gasteiger partial charge in [-0.1, -0.05) is 23.9 Å². The molecule has 0 fully saturated rings. The van der Waals surface area contributed by atoms with Gasteiger partial charge in [0.25, 0.3) is 11.3 Å². The molecule has 4 rings (SSSR count). The minimum absolute atomic E-state index is 0.125. The Morgan fingerprint density at radius 1 is 1.21 bits per heavy atom. The monoisotopic (exact) mass is 467 g/mol. The molecule has 4 aromatic rings. The van der Waals surface area contributed by atoms with E-state index in [-0.39, 0.29) is 24.4 Å². The molecule has 0 unspecified atom stereocenters. The lowest BCUT2D eigenvalue weighted by Gasteiger charge is -2.23. The van der Waals surface area contributed by atoms with Gasteiger partial charge < -0.3 is 14.6 Å². The van der Waals surface area contributed by atoms with E-state index in [0.717, 1.165) is 17.0 Å². The van der Waals surface area contributed by atoms with E-state index in [1.807, 2.05) is 26.2 Å². The smallest absolute Gasteiger partial charge is 0.258 e. The fourth-order valence-electron chi connectivity index (χ4n) is 3.68. The molecule has 0 aliphatic carbocycles. The Morgan fingerprint density at radius 2 is 2.00 bits per heavy atom. The van der Waals surface area contributed by atoms with Gasteiger partial charge in [0.1, 0.15) is 5.82 Å². The zero-order valence-electron chi connectivity index (χ0n) is 19.0. The van der Waals surface area contributed by atoms with Gasteiger partial charge in [-0.3, -0.25) is 9.59 Å². The van der Waals surface area contributed by atoms with Crippen LogP contribution in [0.25, 0.3) is 16.7 Å². The number of nitrogens with zero attached hydrogens (tertiary/aromatic N) is 6. The predicted octanol–water partition coefficient (Wildman–Crippen LogP) is 1.92. The Balaban J connectivity index is 1.63. The highest BCUT2D eigenvalue weighted by Gasteiger charge is 2.21. The van der Waals surface area contributed by atoms with Crippen molar-refractivity contribution in [2.45, 2.75) is 32.0 Å². The molecule has 0 aliphatic rings. The fourth-order valence-corrected chi connectivity index (χ4v) is 4.02. The van der Waals surface area contributed by atoms with Crippen LogP contribution in [0.15, 0.2) is 34.2 Å². The third kappa shape index (κ3) is 4.74. The predicted molar refractivity (Wildman–Crippen MR) is 125 cm³/mol. The van der Waals surface area contributed by atoms with E-state index in [0.29, 0.717) is 40.8 Å². The normalized spacial score (nSPS) is 11.4. The summed E-state index contributed by atoms with van der Waals surface area (Å²) in [6.45, 7) is 4.66. The number of methoxy groups -OCH3 is 1. The van der Waals surface area contributed by atoms with Crippen molar-refractivity contribution in [2.24, 2.45) is 0 Å². The Kier molecular flexibility index (Phi) is 6.70. The summed E-state index contributed by atoms with van der Waals surface area (Å²) < 4.78 is 6.87. The third-order valence-corrected chi connectivity index (χ3v) is 6.00. The standard InChI is InChI=1S/C22H25N7O3S/c1-13-16(14(2)29-21(23-13)26-22(27-29)33-4)11-19(30)28(9-10-32-3)12-18-24-17-8-6-5-7-15(17)20(31)25-18/h5-8H,9-12H2,1-4H3,(H,24,25,31). The summed E-state index contributed by atoms with van der Waals surface area (Å²) >= 11 is 1.44. The van der Waals surface area contributed by atoms with Gasteiger partial charge in [-0.05, 0) is 32.2 Å². The minimum Gasteiger partial charge on any atom is -0.383 e. The molecule has 0 spiro atoms. The number of hydrogen-bond donors (Lipinski definition) is 1. The molecule has 3 aromatic heterocycles. The topological polar surface area (TPSA) is 118 Å². The van der Waals surface area contributed by atoms with E-state index < -0.39 is 0 Å². The van der Waals surface area contributed by atoms with Crippen LogP contribution in [0, 0.1) is 13.8 Å². The van der Waals surface area contributed by atoms with Crippen molar-refractivity contribution in [1.29, 1.82) is 0 Å². The van der Waals surface area contributed by atoms with Gasteiger partial charge >= 0.3 is 0 Å². The summed E-state index contributed by atoms with van der Waals surface area (Å²) in [6, 6.07) is 7.12. The summed E-state index contributed by atoms with van der Waals surface area (Å²) in [5.41, 5.74) is 2.71. The summed E-state index contributed by atoms with van der Waals surface area (Å²) in [6.07, 6.45) is 2.04. The molecule has 11 heteroatoms. The maximum Gasteiger partial charge on any atom is 0.258 e. The number of aromatic amines is 1. The third-order valence-electron chi connectivity index (χ3n) is 5.46. The number of fused-ring (bicyclic) bond motifs is 2. The van der Waals surface area contributed by atoms with Crippen LogP contribution in [0.3, 0.4) is 0 Å². The molecule has 0 aliphatic heterocycles. The van der Waals surface area contributed by atoms with Gasteiger partial charge in [0.15, 0.2) is 0 Å². The van der Waals surface area contributed by atoms with Crippen molar-refractivity contribution in [2.75, 3.05) is 26.5 Å². The second-order valence-corrected chi connectivity index (χ2v) is 8.36. The number of H-pyrrole nitrogens is 1. The summed E-state index contributed by atoms with van der Waals surface area (Å²) in [4.78, 5) is 43.7. The number of amides is 1. The Morgan fingerprint density at radius 3 is 2.76 bits per heavy atom. The molecular formula is C22H25N7O3S. The number of carbonyl (C=O) groups excluding carboxylic acids is 1. The number of aryl methyl sites for hydroxylation is 2. The maximum atomic E-state index is 13.3. The zero-order valence-corrected chi connectivity index (χ0v) is 19.8. The van der Waals surface area contributed by atoms with Gasteiger partial charge in [0.05, 0.1) is 30.5 Å². The average Bonchev–Trinajstić information content (AvgIpc) is 3.22. The highest BCUT2D eigenvalue weighted by Crippen LogP contribution is 2.18. The molecule has 0 saturated carbocycles. The van der Waals surface area contributed by atoms with Crippen molar-refractivity contribution in [3.8, 4) is 0 Å². The van der Waals surface area contributed by atoms with Crippen molar-refractivity contribution in [3.05, 3.63) is 57.4 Å². The van der Waals surface area contributed by atoms with Gasteiger partial charge in [-0.15, -0.1) is 5.10 Å². The van der Waals surface area contributed by atoms with Crippen molar-refractivity contribution < 1.29 is 9.53 Å². The summed E-state index contributed by atoms with van der Waals surface area (Å²) in [5, 5.41) is 5.59. The number of aromatic nitrogens is 6. The first-order valence-electron chi connectivity index (χ1n) is 10.4. The Labute approximate surface area is 194 Å². The molecule has 1 N–H and O–H groups in total. The van der Waals surface area contributed by atoms with E-state index in [9.17, 15) is 9.59 Å². The minimum atomic E-state index is -0.230. The molecule has 0 saturated heterocycles. The van der Waals surface area contributed by atoms with Crippen LogP contribution in [-0.2, 0) is 22.5 Å². The second kappa shape index (κ2) is 9.67. The number of rotatable bonds is 8. The van der Waals surface area contributed by atoms with Crippen LogP contribution in [0.5, 0.6) is 0 Å². The molecule has 0 radical (unpaired) electrons. The lowest BCUT2D eigenvalue weighted by atomic mass is 10.1. The van der Waals surface area contributed by atoms with Crippen LogP contribution >= 0.6 is 11.8 Å². The van der Waals surface area contributed by atoms with E-state index in [2.05, 4.69) is 25.0 Å². The molecule has 0 atom stereocenters. The number of carbonyl (C=O) groups is 1. The highest BCUT2D eigenvalue weighted by atomic mass is 32.2. The van der Waals surface area contributed by atoms with E-state index in [1.54, 1.807) is 34.7 Å². The molecule has 33 heavy (non-hydrogen) atoms. The van der Waals surface area contributed by atoms with Gasteiger partial charge in [0, 0.05) is 30.6 Å². The van der Waals surface area contributed by atoms with Crippen LogP contribution in [-0.4, -0.2) is 66.9 Å². The highest BCUT2D eigenvalue weighted by molar-refractivity contribution is 7.98. The molecule has 3 heterocycles. The van der Waals surface area contributed by atoms with Gasteiger partial charge in [-0.2, -0.15) is 4.98 Å². The van der Waals surface area contributed by atoms with Gasteiger partial charge in [0.2, 0.25) is 11.1 Å². The summed E-state index contributed by atoms with van der Waals surface area (Å²) in [7, 11) is 1.58. The Bertz CT molecular complexity index is 1380. The number of para-hydroxylation sites is 1. The lowest BCUT2D eigenvalue weighted by Crippen LogP contribution is -2.36. The quantitative estimate of drug-likeness (QED) is 0.391. The number of thioether (sulfide) groups is 1. The van der Waals surface area contributed by atoms with Crippen LogP contribution in [0.4, 0.5) is 0 Å². The van der Waals surface area contributed by atoms with Crippen LogP contribution in [0.1, 0.15) is 22.8 Å². The van der Waals surface area contributed by atoms with E-state index in [4.69, 9.17) is 4.74 Å². The van der Waals surface area contributed by atoms with Crippen molar-refractivity contribution >= 4 is 34.3 Å². The van der Waals surface area contributed by atoms with Gasteiger partial charge in [-0.25, -0.2) is 14.5 Å². The number of hydrogen-bond acceptors (Lipinski definition) is 8. The number of ether oxygens (including phenoxy) is 1. The molecule has 10 nitrogen and oxygen atoms in total. The molecular weight excluding hydrogens is 442 g/mol. The Hall–Kier alpha value is -3.31. The fraction of sp³-hybridized carbons (Fsp3) is 0.364. The number of nitrogens with one attached hydrogen (secondary N) is 1. The lowest BCUT2D eigenvalue weighted by molar-refractivity contribution is -0.131. The number of benzene rings is 1. The maximum absolute atomic E-state index is 13.3. The first kappa shape index (κ1) is 22.9. The largest absolute Gasteiger partial charge is 0.383 e. The molecule has 1 amide bonds. The van der Waals surface area contributed by atoms with Crippen molar-refractivity contribution in [1.82, 2.24) is 34.4 Å².